The Morgan fingerprint density at radius 2 is 2.08 bits per heavy atom. The van der Waals surface area contributed by atoms with E-state index in [0.29, 0.717) is 22.6 Å². The van der Waals surface area contributed by atoms with Gasteiger partial charge >= 0.3 is 5.97 Å². The molecule has 26 heavy (non-hydrogen) atoms. The molecule has 0 fully saturated rings. The second kappa shape index (κ2) is 7.31. The second-order valence-corrected chi connectivity index (χ2v) is 5.16. The van der Waals surface area contributed by atoms with E-state index in [1.807, 2.05) is 0 Å². The summed E-state index contributed by atoms with van der Waals surface area (Å²) in [5.74, 6) is -1.59. The number of carboxylic acids is 1. The van der Waals surface area contributed by atoms with Crippen LogP contribution in [0.1, 0.15) is 26.5 Å². The van der Waals surface area contributed by atoms with E-state index in [4.69, 9.17) is 9.52 Å². The highest BCUT2D eigenvalue weighted by atomic mass is 16.4. The summed E-state index contributed by atoms with van der Waals surface area (Å²) in [6.07, 6.45) is 4.27. The lowest BCUT2D eigenvalue weighted by molar-refractivity contribution is -0.268. The minimum Gasteiger partial charge on any atom is -0.872 e. The third-order valence-electron chi connectivity index (χ3n) is 3.40. The molecule has 0 radical (unpaired) electrons. The zero-order valence-corrected chi connectivity index (χ0v) is 13.2. The van der Waals surface area contributed by atoms with Crippen molar-refractivity contribution in [3.8, 4) is 17.1 Å². The van der Waals surface area contributed by atoms with Crippen LogP contribution < -0.4 is 10.5 Å². The first-order chi connectivity index (χ1) is 12.5. The number of hydrogen-bond acceptors (Lipinski definition) is 6. The number of benzene rings is 1. The predicted molar refractivity (Wildman–Crippen MR) is 89.8 cm³/mol. The molecule has 0 unspecified atom stereocenters. The molecule has 8 heteroatoms. The van der Waals surface area contributed by atoms with Gasteiger partial charge in [-0.15, -0.1) is 0 Å². The number of nitrogens with one attached hydrogen (secondary N) is 1. The molecule has 130 valence electrons. The van der Waals surface area contributed by atoms with Crippen LogP contribution in [-0.2, 0) is 0 Å². The van der Waals surface area contributed by atoms with Gasteiger partial charge in [-0.3, -0.25) is 9.78 Å². The van der Waals surface area contributed by atoms with E-state index in [-0.39, 0.29) is 5.56 Å². The fourth-order valence-corrected chi connectivity index (χ4v) is 2.14. The molecule has 3 rings (SSSR count). The number of aromatic carboxylic acids is 1. The molecule has 2 aromatic heterocycles. The van der Waals surface area contributed by atoms with Crippen molar-refractivity contribution in [2.75, 3.05) is 0 Å². The van der Waals surface area contributed by atoms with Crippen molar-refractivity contribution in [3.63, 3.8) is 0 Å². The molecular weight excluding hydrogens is 338 g/mol. The highest BCUT2D eigenvalue weighted by Crippen LogP contribution is 2.26. The maximum absolute atomic E-state index is 11.8. The van der Waals surface area contributed by atoms with E-state index in [2.05, 4.69) is 15.5 Å². The molecule has 1 amide bonds. The first kappa shape index (κ1) is 16.9. The normalized spacial score (nSPS) is 10.8. The minimum atomic E-state index is -1.30. The van der Waals surface area contributed by atoms with E-state index in [9.17, 15) is 14.7 Å². The molecule has 0 bridgehead atoms. The van der Waals surface area contributed by atoms with E-state index < -0.39 is 17.6 Å². The van der Waals surface area contributed by atoms with Crippen molar-refractivity contribution in [3.05, 3.63) is 71.7 Å². The molecule has 0 spiro atoms. The summed E-state index contributed by atoms with van der Waals surface area (Å²) >= 11 is 0. The monoisotopic (exact) mass is 350 g/mol. The van der Waals surface area contributed by atoms with Crippen molar-refractivity contribution in [1.29, 1.82) is 0 Å². The molecule has 1 aromatic carbocycles. The topological polar surface area (TPSA) is 128 Å². The third-order valence-corrected chi connectivity index (χ3v) is 3.40. The van der Waals surface area contributed by atoms with Crippen LogP contribution in [0, 0.1) is 0 Å². The largest absolute Gasteiger partial charge is 0.872 e. The van der Waals surface area contributed by atoms with Crippen molar-refractivity contribution in [1.82, 2.24) is 10.4 Å². The number of carboxylic acid groups (broad SMARTS) is 1. The molecule has 3 aromatic rings. The summed E-state index contributed by atoms with van der Waals surface area (Å²) in [5.41, 5.74) is 2.81. The first-order valence-corrected chi connectivity index (χ1v) is 7.42. The van der Waals surface area contributed by atoms with Gasteiger partial charge in [0.15, 0.2) is 0 Å². The van der Waals surface area contributed by atoms with Crippen LogP contribution in [0.5, 0.6) is 5.75 Å². The highest BCUT2D eigenvalue weighted by Gasteiger charge is 2.09. The van der Waals surface area contributed by atoms with Crippen molar-refractivity contribution >= 4 is 18.1 Å². The van der Waals surface area contributed by atoms with Crippen molar-refractivity contribution in [2.45, 2.75) is 0 Å². The minimum absolute atomic E-state index is 0.335. The van der Waals surface area contributed by atoms with Gasteiger partial charge in [0, 0.05) is 18.0 Å². The van der Waals surface area contributed by atoms with Gasteiger partial charge in [-0.25, -0.2) is 10.2 Å². The molecule has 0 atom stereocenters. The second-order valence-electron chi connectivity index (χ2n) is 5.16. The number of rotatable bonds is 5. The summed E-state index contributed by atoms with van der Waals surface area (Å²) < 4.78 is 5.52. The third kappa shape index (κ3) is 3.75. The first-order valence-electron chi connectivity index (χ1n) is 7.42. The predicted octanol–water partition coefficient (Wildman–Crippen LogP) is 1.88. The number of hydrogen-bond donors (Lipinski definition) is 2. The molecule has 0 saturated carbocycles. The summed E-state index contributed by atoms with van der Waals surface area (Å²) in [4.78, 5) is 26.7. The maximum atomic E-state index is 11.8. The number of hydrazone groups is 1. The Morgan fingerprint density at radius 3 is 2.81 bits per heavy atom. The van der Waals surface area contributed by atoms with Gasteiger partial charge in [-0.1, -0.05) is 17.9 Å². The maximum Gasteiger partial charge on any atom is 0.335 e. The molecule has 0 aliphatic rings. The number of pyridine rings is 1. The lowest BCUT2D eigenvalue weighted by Gasteiger charge is -2.10. The van der Waals surface area contributed by atoms with Crippen LogP contribution in [0.15, 0.2) is 64.4 Å². The summed E-state index contributed by atoms with van der Waals surface area (Å²) in [7, 11) is 0. The zero-order valence-electron chi connectivity index (χ0n) is 13.2. The Morgan fingerprint density at radius 1 is 1.23 bits per heavy atom. The molecular formula is C18H12N3O5-. The van der Waals surface area contributed by atoms with E-state index in [1.165, 1.54) is 30.6 Å². The molecule has 2 heterocycles. The molecule has 0 aliphatic heterocycles. The number of carbonyl (C=O) groups excluding carboxylic acids is 1. The van der Waals surface area contributed by atoms with Crippen LogP contribution in [0.25, 0.3) is 11.3 Å². The van der Waals surface area contributed by atoms with Gasteiger partial charge in [0.05, 0.1) is 17.3 Å². The quantitative estimate of drug-likeness (QED) is 0.534. The van der Waals surface area contributed by atoms with Crippen molar-refractivity contribution < 1.29 is 24.2 Å². The molecule has 0 aliphatic carbocycles. The van der Waals surface area contributed by atoms with Crippen LogP contribution in [-0.4, -0.2) is 28.2 Å². The van der Waals surface area contributed by atoms with Crippen LogP contribution >= 0.6 is 0 Å². The number of carbonyl (C=O) groups is 2. The van der Waals surface area contributed by atoms with Gasteiger partial charge in [0.1, 0.15) is 11.5 Å². The number of amides is 1. The highest BCUT2D eigenvalue weighted by molar-refractivity contribution is 5.94. The number of aromatic nitrogens is 1. The fraction of sp³-hybridized carbons (Fsp3) is 0. The van der Waals surface area contributed by atoms with Gasteiger partial charge in [0.2, 0.25) is 0 Å². The zero-order chi connectivity index (χ0) is 18.5. The number of nitrogens with zero attached hydrogens (tertiary/aromatic N) is 2. The van der Waals surface area contributed by atoms with E-state index >= 15 is 0 Å². The van der Waals surface area contributed by atoms with Gasteiger partial charge in [-0.2, -0.15) is 5.10 Å². The Hall–Kier alpha value is -3.94. The van der Waals surface area contributed by atoms with Gasteiger partial charge in [-0.05, 0) is 30.3 Å². The smallest absolute Gasteiger partial charge is 0.335 e. The van der Waals surface area contributed by atoms with Gasteiger partial charge < -0.3 is 14.6 Å². The Kier molecular flexibility index (Phi) is 4.75. The summed E-state index contributed by atoms with van der Waals surface area (Å²) in [6.45, 7) is 0. The lowest BCUT2D eigenvalue weighted by Crippen LogP contribution is -2.17. The van der Waals surface area contributed by atoms with Gasteiger partial charge in [0.25, 0.3) is 5.91 Å². The molecule has 0 saturated heterocycles. The molecule has 2 N–H and O–H groups in total. The Labute approximate surface area is 147 Å². The van der Waals surface area contributed by atoms with Crippen LogP contribution in [0.3, 0.4) is 0 Å². The van der Waals surface area contributed by atoms with Crippen LogP contribution in [0.4, 0.5) is 0 Å². The Bertz CT molecular complexity index is 980. The molecule has 8 nitrogen and oxygen atoms in total. The van der Waals surface area contributed by atoms with Crippen LogP contribution in [0.2, 0.25) is 0 Å². The number of furan rings is 1. The average molecular weight is 350 g/mol. The SMILES string of the molecule is O=C(N/N=C/c1ccc(-c2ccc([O-])c(C(=O)O)c2)o1)c1cccnc1. The standard InChI is InChI=1S/C18H13N3O5/c22-15-5-3-11(8-14(15)18(24)25)16-6-4-13(26-16)10-20-21-17(23)12-2-1-7-19-9-12/h1-10,22H,(H,21,23)(H,24,25)/p-1/b20-10+. The summed E-state index contributed by atoms with van der Waals surface area (Å²) in [6, 6.07) is 10.3. The lowest BCUT2D eigenvalue weighted by atomic mass is 10.1. The Balaban J connectivity index is 1.71. The average Bonchev–Trinajstić information content (AvgIpc) is 3.11. The van der Waals surface area contributed by atoms with Crippen molar-refractivity contribution in [2.24, 2.45) is 5.10 Å². The van der Waals surface area contributed by atoms with E-state index in [1.54, 1.807) is 30.5 Å². The fourth-order valence-electron chi connectivity index (χ4n) is 2.14. The summed E-state index contributed by atoms with van der Waals surface area (Å²) in [5, 5.41) is 24.3. The van der Waals surface area contributed by atoms with E-state index in [0.717, 1.165) is 0 Å².